The molecule has 1 aliphatic rings. The van der Waals surface area contributed by atoms with Crippen molar-refractivity contribution < 1.29 is 9.90 Å². The van der Waals surface area contributed by atoms with E-state index in [1.807, 2.05) is 0 Å². The predicted octanol–water partition coefficient (Wildman–Crippen LogP) is 2.78. The highest BCUT2D eigenvalue weighted by Gasteiger charge is 2.26. The molecule has 1 aromatic heterocycles. The van der Waals surface area contributed by atoms with Gasteiger partial charge < -0.3 is 10.4 Å². The lowest BCUT2D eigenvalue weighted by atomic mass is 9.86. The van der Waals surface area contributed by atoms with Gasteiger partial charge in [-0.05, 0) is 48.9 Å². The van der Waals surface area contributed by atoms with Gasteiger partial charge in [0.15, 0.2) is 0 Å². The number of carbonyl (C=O) groups excluding carboxylic acids is 1. The molecule has 0 bridgehead atoms. The summed E-state index contributed by atoms with van der Waals surface area (Å²) in [5.41, 5.74) is 3.46. The summed E-state index contributed by atoms with van der Waals surface area (Å²) in [6.07, 6.45) is 7.27. The van der Waals surface area contributed by atoms with Gasteiger partial charge in [0.05, 0.1) is 6.54 Å². The number of hydrogen-bond donors (Lipinski definition) is 2. The van der Waals surface area contributed by atoms with Gasteiger partial charge in [0.2, 0.25) is 5.91 Å². The average molecular weight is 339 g/mol. The molecule has 1 aromatic carbocycles. The maximum absolute atomic E-state index is 12.5. The normalized spacial score (nSPS) is 16.5. The van der Waals surface area contributed by atoms with Crippen LogP contribution >= 0.6 is 0 Å². The fourth-order valence-electron chi connectivity index (χ4n) is 3.55. The Morgan fingerprint density at radius 1 is 1.24 bits per heavy atom. The highest BCUT2D eigenvalue weighted by Crippen LogP contribution is 2.34. The lowest BCUT2D eigenvalue weighted by molar-refractivity contribution is -0.118. The molecule has 2 aromatic rings. The predicted molar refractivity (Wildman–Crippen MR) is 98.3 cm³/mol. The number of benzene rings is 1. The number of anilines is 1. The summed E-state index contributed by atoms with van der Waals surface area (Å²) in [5.74, 6) is -0.0350. The molecule has 1 heterocycles. The van der Waals surface area contributed by atoms with Crippen molar-refractivity contribution in [3.05, 3.63) is 59.9 Å². The molecule has 0 aliphatic heterocycles. The second-order valence-corrected chi connectivity index (χ2v) is 6.44. The summed E-state index contributed by atoms with van der Waals surface area (Å²) in [6, 6.07) is 12.3. The first kappa shape index (κ1) is 17.6. The molecule has 2 N–H and O–H groups in total. The highest BCUT2D eigenvalue weighted by molar-refractivity contribution is 5.92. The van der Waals surface area contributed by atoms with Crippen LogP contribution in [-0.2, 0) is 11.2 Å². The van der Waals surface area contributed by atoms with Crippen LogP contribution in [0.2, 0.25) is 0 Å². The average Bonchev–Trinajstić information content (AvgIpc) is 2.65. The number of aliphatic hydroxyl groups is 1. The second kappa shape index (κ2) is 8.74. The number of nitrogens with zero attached hydrogens (tertiary/aromatic N) is 2. The van der Waals surface area contributed by atoms with Crippen LogP contribution < -0.4 is 5.32 Å². The number of rotatable bonds is 7. The number of aromatic nitrogens is 1. The fourth-order valence-corrected chi connectivity index (χ4v) is 3.55. The number of aliphatic hydroxyl groups excluding tert-OH is 1. The van der Waals surface area contributed by atoms with Crippen molar-refractivity contribution in [3.63, 3.8) is 0 Å². The summed E-state index contributed by atoms with van der Waals surface area (Å²) < 4.78 is 0. The van der Waals surface area contributed by atoms with Crippen molar-refractivity contribution in [2.24, 2.45) is 0 Å². The summed E-state index contributed by atoms with van der Waals surface area (Å²) in [5, 5.41) is 12.2. The van der Waals surface area contributed by atoms with E-state index in [0.717, 1.165) is 24.9 Å². The molecule has 0 fully saturated rings. The van der Waals surface area contributed by atoms with Crippen LogP contribution in [0.25, 0.3) is 0 Å². The van der Waals surface area contributed by atoms with Gasteiger partial charge in [0, 0.05) is 37.3 Å². The number of nitrogens with one attached hydrogen (secondary N) is 1. The van der Waals surface area contributed by atoms with Crippen molar-refractivity contribution >= 4 is 11.6 Å². The first-order valence-corrected chi connectivity index (χ1v) is 8.90. The molecule has 0 saturated carbocycles. The Labute approximate surface area is 148 Å². The fraction of sp³-hybridized carbons (Fsp3) is 0.400. The molecule has 1 aliphatic carbocycles. The van der Waals surface area contributed by atoms with E-state index in [1.54, 1.807) is 24.5 Å². The molecular formula is C20H25N3O2. The van der Waals surface area contributed by atoms with Crippen LogP contribution in [0.4, 0.5) is 5.69 Å². The van der Waals surface area contributed by atoms with E-state index >= 15 is 0 Å². The SMILES string of the molecule is O=C(CN(CCCO)C1CCCc2ccccc21)Nc1ccncc1. The van der Waals surface area contributed by atoms with E-state index < -0.39 is 0 Å². The Balaban J connectivity index is 1.73. The molecule has 132 valence electrons. The zero-order chi connectivity index (χ0) is 17.5. The zero-order valence-electron chi connectivity index (χ0n) is 14.4. The minimum Gasteiger partial charge on any atom is -0.396 e. The van der Waals surface area contributed by atoms with Crippen LogP contribution in [0, 0.1) is 0 Å². The Bertz CT molecular complexity index is 690. The summed E-state index contributed by atoms with van der Waals surface area (Å²) in [7, 11) is 0. The first-order chi connectivity index (χ1) is 12.3. The topological polar surface area (TPSA) is 65.5 Å². The highest BCUT2D eigenvalue weighted by atomic mass is 16.3. The lowest BCUT2D eigenvalue weighted by Crippen LogP contribution is -2.38. The number of hydrogen-bond acceptors (Lipinski definition) is 4. The van der Waals surface area contributed by atoms with Crippen molar-refractivity contribution in [1.29, 1.82) is 0 Å². The quantitative estimate of drug-likeness (QED) is 0.814. The van der Waals surface area contributed by atoms with Crippen LogP contribution in [-0.4, -0.2) is 40.6 Å². The van der Waals surface area contributed by atoms with Crippen LogP contribution in [0.3, 0.4) is 0 Å². The maximum Gasteiger partial charge on any atom is 0.238 e. The number of pyridine rings is 1. The van der Waals surface area contributed by atoms with E-state index in [2.05, 4.69) is 39.5 Å². The van der Waals surface area contributed by atoms with Gasteiger partial charge in [0.25, 0.3) is 0 Å². The van der Waals surface area contributed by atoms with Crippen LogP contribution in [0.1, 0.15) is 36.4 Å². The monoisotopic (exact) mass is 339 g/mol. The smallest absolute Gasteiger partial charge is 0.238 e. The van der Waals surface area contributed by atoms with Gasteiger partial charge in [-0.15, -0.1) is 0 Å². The van der Waals surface area contributed by atoms with Crippen molar-refractivity contribution in [3.8, 4) is 0 Å². The van der Waals surface area contributed by atoms with E-state index in [9.17, 15) is 9.90 Å². The van der Waals surface area contributed by atoms with Gasteiger partial charge >= 0.3 is 0 Å². The largest absolute Gasteiger partial charge is 0.396 e. The summed E-state index contributed by atoms with van der Waals surface area (Å²) in [4.78, 5) is 18.7. The van der Waals surface area contributed by atoms with E-state index in [-0.39, 0.29) is 18.6 Å². The van der Waals surface area contributed by atoms with Crippen molar-refractivity contribution in [2.75, 3.05) is 25.0 Å². The molecular weight excluding hydrogens is 314 g/mol. The zero-order valence-corrected chi connectivity index (χ0v) is 14.4. The Morgan fingerprint density at radius 2 is 2.04 bits per heavy atom. The van der Waals surface area contributed by atoms with Crippen LogP contribution in [0.5, 0.6) is 0 Å². The van der Waals surface area contributed by atoms with E-state index in [4.69, 9.17) is 0 Å². The molecule has 5 nitrogen and oxygen atoms in total. The lowest BCUT2D eigenvalue weighted by Gasteiger charge is -2.35. The standard InChI is InChI=1S/C20H25N3O2/c24-14-4-13-23(15-20(25)22-17-9-11-21-12-10-17)19-8-3-6-16-5-1-2-7-18(16)19/h1-2,5,7,9-12,19,24H,3-4,6,8,13-15H2,(H,21,22,25). The Kier molecular flexibility index (Phi) is 6.14. The van der Waals surface area contributed by atoms with Crippen molar-refractivity contribution in [1.82, 2.24) is 9.88 Å². The third kappa shape index (κ3) is 4.65. The van der Waals surface area contributed by atoms with Crippen LogP contribution in [0.15, 0.2) is 48.8 Å². The molecule has 25 heavy (non-hydrogen) atoms. The third-order valence-corrected chi connectivity index (χ3v) is 4.69. The summed E-state index contributed by atoms with van der Waals surface area (Å²) in [6.45, 7) is 1.16. The van der Waals surface area contributed by atoms with Gasteiger partial charge in [-0.3, -0.25) is 14.7 Å². The molecule has 5 heteroatoms. The van der Waals surface area contributed by atoms with Gasteiger partial charge in [0.1, 0.15) is 0 Å². The number of fused-ring (bicyclic) bond motifs is 1. The Morgan fingerprint density at radius 3 is 2.84 bits per heavy atom. The molecule has 0 spiro atoms. The minimum atomic E-state index is -0.0350. The number of carbonyl (C=O) groups is 1. The molecule has 1 atom stereocenters. The van der Waals surface area contributed by atoms with E-state index in [0.29, 0.717) is 19.5 Å². The first-order valence-electron chi connectivity index (χ1n) is 8.90. The Hall–Kier alpha value is -2.24. The number of amides is 1. The van der Waals surface area contributed by atoms with Gasteiger partial charge in [-0.2, -0.15) is 0 Å². The molecule has 3 rings (SSSR count). The number of aryl methyl sites for hydroxylation is 1. The van der Waals surface area contributed by atoms with Crippen molar-refractivity contribution in [2.45, 2.75) is 31.7 Å². The molecule has 0 saturated heterocycles. The van der Waals surface area contributed by atoms with Gasteiger partial charge in [-0.25, -0.2) is 0 Å². The second-order valence-electron chi connectivity index (χ2n) is 6.44. The third-order valence-electron chi connectivity index (χ3n) is 4.69. The molecule has 0 radical (unpaired) electrons. The van der Waals surface area contributed by atoms with E-state index in [1.165, 1.54) is 11.1 Å². The molecule has 1 unspecified atom stereocenters. The minimum absolute atomic E-state index is 0.0350. The summed E-state index contributed by atoms with van der Waals surface area (Å²) >= 11 is 0. The van der Waals surface area contributed by atoms with Gasteiger partial charge in [-0.1, -0.05) is 24.3 Å². The maximum atomic E-state index is 12.5. The molecule has 1 amide bonds.